The van der Waals surface area contributed by atoms with Crippen molar-refractivity contribution >= 4 is 94.3 Å². The van der Waals surface area contributed by atoms with Gasteiger partial charge in [0.25, 0.3) is 11.5 Å². The second-order valence-electron chi connectivity index (χ2n) is 16.8. The molecule has 5 rings (SSSR count). The van der Waals surface area contributed by atoms with Crippen molar-refractivity contribution < 1.29 is 70.4 Å². The summed E-state index contributed by atoms with van der Waals surface area (Å²) >= 11 is 22.8. The zero-order valence-corrected chi connectivity index (χ0v) is 47.8. The highest BCUT2D eigenvalue weighted by Gasteiger charge is 2.45. The van der Waals surface area contributed by atoms with Crippen LogP contribution in [-0.4, -0.2) is 122 Å². The van der Waals surface area contributed by atoms with E-state index in [9.17, 15) is 51.4 Å². The smallest absolute Gasteiger partial charge is 0.431 e. The summed E-state index contributed by atoms with van der Waals surface area (Å²) < 4.78 is 70.9. The van der Waals surface area contributed by atoms with Crippen LogP contribution in [0.2, 0.25) is 5.02 Å². The highest BCUT2D eigenvalue weighted by molar-refractivity contribution is 7.94. The molecule has 4 aromatic rings. The van der Waals surface area contributed by atoms with Crippen molar-refractivity contribution in [2.24, 2.45) is 7.05 Å². The van der Waals surface area contributed by atoms with Gasteiger partial charge in [-0.3, -0.25) is 34.0 Å². The van der Waals surface area contributed by atoms with E-state index in [-0.39, 0.29) is 46.8 Å². The summed E-state index contributed by atoms with van der Waals surface area (Å²) in [5, 5.41) is 9.98. The lowest BCUT2D eigenvalue weighted by Gasteiger charge is -2.29. The molecule has 2 atom stereocenters. The molecular formula is C47H63Cl4F3N5O14PS. The van der Waals surface area contributed by atoms with Gasteiger partial charge in [0.15, 0.2) is 4.84 Å². The van der Waals surface area contributed by atoms with E-state index in [1.165, 1.54) is 17.0 Å². The van der Waals surface area contributed by atoms with E-state index in [2.05, 4.69) is 25.7 Å². The predicted molar refractivity (Wildman–Crippen MR) is 282 cm³/mol. The lowest BCUT2D eigenvalue weighted by atomic mass is 10.0. The number of aryl methyl sites for hydroxylation is 2. The number of ether oxygens (including phenoxy) is 3. The van der Waals surface area contributed by atoms with Crippen LogP contribution in [-0.2, 0) is 63.7 Å². The molecule has 3 heterocycles. The molecule has 0 saturated carbocycles. The molecule has 420 valence electrons. The van der Waals surface area contributed by atoms with Crippen LogP contribution in [0.25, 0.3) is 5.69 Å². The van der Waals surface area contributed by atoms with E-state index < -0.39 is 72.1 Å². The molecule has 0 aliphatic carbocycles. The van der Waals surface area contributed by atoms with Crippen LogP contribution in [0.1, 0.15) is 80.6 Å². The molecule has 3 N–H and O–H groups in total. The Morgan fingerprint density at radius 1 is 1.05 bits per heavy atom. The second-order valence-corrected chi connectivity index (χ2v) is 22.6. The van der Waals surface area contributed by atoms with Crippen LogP contribution < -0.4 is 26.4 Å². The molecule has 0 radical (unpaired) electrons. The van der Waals surface area contributed by atoms with Crippen molar-refractivity contribution in [1.82, 2.24) is 19.4 Å². The average molecular weight is 1180 g/mol. The number of rotatable bonds is 15. The van der Waals surface area contributed by atoms with Gasteiger partial charge in [-0.1, -0.05) is 59.9 Å². The Labute approximate surface area is 455 Å². The van der Waals surface area contributed by atoms with Gasteiger partial charge < -0.3 is 43.0 Å². The average Bonchev–Trinajstić information content (AvgIpc) is 3.95. The molecule has 75 heavy (non-hydrogen) atoms. The van der Waals surface area contributed by atoms with Gasteiger partial charge in [0, 0.05) is 19.7 Å². The number of carbonyl (C=O) groups excluding carboxylic acids is 3. The van der Waals surface area contributed by atoms with Crippen molar-refractivity contribution in [3.8, 4) is 5.69 Å². The van der Waals surface area contributed by atoms with E-state index in [1.807, 2.05) is 43.4 Å². The topological polar surface area (TPSA) is 252 Å². The van der Waals surface area contributed by atoms with Gasteiger partial charge in [0.05, 0.1) is 72.5 Å². The number of halogens is 7. The fourth-order valence-corrected chi connectivity index (χ4v) is 7.33. The summed E-state index contributed by atoms with van der Waals surface area (Å²) in [6, 6.07) is 13.5. The van der Waals surface area contributed by atoms with E-state index in [0.29, 0.717) is 45.0 Å². The molecule has 1 saturated heterocycles. The third-order valence-corrected chi connectivity index (χ3v) is 11.1. The highest BCUT2D eigenvalue weighted by Crippen LogP contribution is 2.37. The standard InChI is InChI=1S/C16H14ClF3N2O4.C14H20ClNO2.C11H13Cl2NO3.C3H8NO5P.C3H9S/c1-8(2)26-14(24)10-6-9(4-5-11(10)17)22-13(23)7-12(16(18,19)20)21(3)15(22)25;1-4-12-8-6-7-11(3)14(12)16(10-18-5-2)13(17)9-15;1-11(2)14(10(15)9(12)13)6-8(17-11)7-4-3-5-16-7;5-3(6)1-4-2-10(7,8)9;1-4(2)3/h4-8H,1-3H3;6-8H,4-5,9-10H2,1-3H3;3-5,8-9H,6H2,1-2H3;4H,1-2H2,(H,5,6)(H2,7,8,9);1-3H3/q;;;;+1/p-1. The number of carboxylic acid groups (broad SMARTS) is 1. The molecule has 2 amide bonds. The van der Waals surface area contributed by atoms with Crippen LogP contribution in [0, 0.1) is 6.92 Å². The van der Waals surface area contributed by atoms with E-state index in [4.69, 9.17) is 75.0 Å². The van der Waals surface area contributed by atoms with Gasteiger partial charge in [-0.25, -0.2) is 14.2 Å². The van der Waals surface area contributed by atoms with E-state index >= 15 is 0 Å². The van der Waals surface area contributed by atoms with Gasteiger partial charge in [0.2, 0.25) is 5.91 Å². The Morgan fingerprint density at radius 3 is 2.15 bits per heavy atom. The molecule has 1 aliphatic heterocycles. The van der Waals surface area contributed by atoms with Gasteiger partial charge in [-0.05, 0) is 100 Å². The third kappa shape index (κ3) is 23.0. The number of nitrogens with zero attached hydrogens (tertiary/aromatic N) is 4. The van der Waals surface area contributed by atoms with Crippen LogP contribution >= 0.6 is 54.0 Å². The van der Waals surface area contributed by atoms with Crippen LogP contribution in [0.15, 0.2) is 74.9 Å². The number of carbonyl (C=O) groups is 4. The maximum atomic E-state index is 12.9. The lowest BCUT2D eigenvalue weighted by Crippen LogP contribution is -2.45. The largest absolute Gasteiger partial charge is 0.778 e. The maximum absolute atomic E-state index is 12.9. The van der Waals surface area contributed by atoms with Crippen molar-refractivity contribution in [2.75, 3.05) is 62.3 Å². The number of hydrogen-bond donors (Lipinski definition) is 3. The van der Waals surface area contributed by atoms with Gasteiger partial charge in [-0.15, -0.1) is 11.6 Å². The second kappa shape index (κ2) is 31.7. The summed E-state index contributed by atoms with van der Waals surface area (Å²) in [7, 11) is -2.81. The number of nitrogens with one attached hydrogen (secondary N) is 1. The summed E-state index contributed by atoms with van der Waals surface area (Å²) in [5.41, 5.74) is -1.62. The van der Waals surface area contributed by atoms with E-state index in [1.54, 1.807) is 44.9 Å². The first-order valence-electron chi connectivity index (χ1n) is 22.3. The van der Waals surface area contributed by atoms with Crippen LogP contribution in [0.3, 0.4) is 0 Å². The first-order valence-corrected chi connectivity index (χ1v) is 28.3. The molecule has 2 aromatic heterocycles. The van der Waals surface area contributed by atoms with Gasteiger partial charge >= 0.3 is 23.8 Å². The normalized spacial score (nSPS) is 14.5. The molecule has 1 aliphatic rings. The number of anilines is 1. The minimum atomic E-state index is -4.86. The summed E-state index contributed by atoms with van der Waals surface area (Å²) in [4.78, 5) is 90.1. The fourth-order valence-electron chi connectivity index (χ4n) is 6.36. The maximum Gasteiger partial charge on any atom is 0.431 e. The summed E-state index contributed by atoms with van der Waals surface area (Å²) in [6.45, 7) is 13.5. The first kappa shape index (κ1) is 68.6. The van der Waals surface area contributed by atoms with Crippen molar-refractivity contribution in [1.29, 1.82) is 0 Å². The number of carboxylic acids is 1. The summed E-state index contributed by atoms with van der Waals surface area (Å²) in [6.07, 6.45) is 2.73. The predicted octanol–water partition coefficient (Wildman–Crippen LogP) is 7.27. The summed E-state index contributed by atoms with van der Waals surface area (Å²) in [5.74, 6) is -1.79. The van der Waals surface area contributed by atoms with Gasteiger partial charge in [0.1, 0.15) is 43.5 Å². The number of alkyl halides is 6. The molecule has 0 spiro atoms. The minimum Gasteiger partial charge on any atom is -0.778 e. The minimum absolute atomic E-state index is 0.0104. The molecule has 0 bridgehead atoms. The monoisotopic (exact) mass is 1180 g/mol. The molecule has 2 aromatic carbocycles. The first-order chi connectivity index (χ1) is 34.6. The number of amides is 2. The third-order valence-electron chi connectivity index (χ3n) is 9.52. The van der Waals surface area contributed by atoms with Gasteiger partial charge in [-0.2, -0.15) is 13.2 Å². The van der Waals surface area contributed by atoms with Crippen molar-refractivity contribution in [2.45, 2.75) is 83.8 Å². The van der Waals surface area contributed by atoms with Crippen LogP contribution in [0.4, 0.5) is 18.9 Å². The Kier molecular flexibility index (Phi) is 29.0. The number of hydrogen-bond acceptors (Lipinski definition) is 13. The Balaban J connectivity index is 0.000000509. The number of furan rings is 1. The van der Waals surface area contributed by atoms with Crippen LogP contribution in [0.5, 0.6) is 0 Å². The molecule has 1 fully saturated rings. The zero-order valence-electron chi connectivity index (χ0n) is 43.0. The number of aliphatic carboxylic acids is 1. The number of para-hydroxylation sites is 1. The molecule has 2 unspecified atom stereocenters. The SMILES string of the molecule is CC(C)OC(=O)c1cc(-n2c(=O)cc(C(F)(F)F)n(C)c2=O)ccc1Cl.CC1(C)OC(c2ccco2)CN1C(=O)C(Cl)Cl.CCOCN(C(=O)CCl)c1c(C)cccc1CC.C[S+](C)C.O=C(O)CNCP(=O)([O-])O. The highest BCUT2D eigenvalue weighted by atomic mass is 35.5. The molecule has 19 nitrogen and oxygen atoms in total. The number of esters is 1. The Hall–Kier alpha value is -4.39. The Bertz CT molecular complexity index is 2670. The van der Waals surface area contributed by atoms with E-state index in [0.717, 1.165) is 36.3 Å². The lowest BCUT2D eigenvalue weighted by molar-refractivity contribution is -0.193. The number of benzene rings is 2. The van der Waals surface area contributed by atoms with Crippen molar-refractivity contribution in [3.63, 3.8) is 0 Å². The quantitative estimate of drug-likeness (QED) is 0.0348. The zero-order chi connectivity index (χ0) is 57.8. The fraction of sp³-hybridized carbons (Fsp3) is 0.489. The van der Waals surface area contributed by atoms with Crippen molar-refractivity contribution in [3.05, 3.63) is 115 Å². The molecular weight excluding hydrogens is 1120 g/mol. The Morgan fingerprint density at radius 2 is 1.67 bits per heavy atom. The number of aromatic nitrogens is 2. The molecule has 28 heteroatoms.